The first-order chi connectivity index (χ1) is 20.8. The molecule has 5 rings (SSSR count). The van der Waals surface area contributed by atoms with Crippen LogP contribution in [0.25, 0.3) is 10.9 Å². The number of nitrogens with one attached hydrogen (secondary N) is 2. The summed E-state index contributed by atoms with van der Waals surface area (Å²) in [6.07, 6.45) is 4.94. The largest absolute Gasteiger partial charge is 0.393 e. The van der Waals surface area contributed by atoms with Gasteiger partial charge in [0.1, 0.15) is 5.82 Å². The molecule has 0 unspecified atom stereocenters. The number of pyridine rings is 1. The number of hydrogen-bond acceptors (Lipinski definition) is 7. The zero-order valence-electron chi connectivity index (χ0n) is 25.0. The number of anilines is 3. The van der Waals surface area contributed by atoms with Crippen molar-refractivity contribution in [3.8, 4) is 0 Å². The van der Waals surface area contributed by atoms with Crippen molar-refractivity contribution in [1.29, 1.82) is 0 Å². The number of aromatic nitrogens is 2. The molecule has 2 aromatic heterocycles. The molecule has 3 N–H and O–H groups in total. The smallest absolute Gasteiger partial charge is 0.325 e. The lowest BCUT2D eigenvalue weighted by Gasteiger charge is -2.29. The molecule has 3 heterocycles. The van der Waals surface area contributed by atoms with E-state index in [2.05, 4.69) is 25.4 Å². The Morgan fingerprint density at radius 1 is 1.05 bits per heavy atom. The van der Waals surface area contributed by atoms with Gasteiger partial charge in [0.05, 0.1) is 24.3 Å². The molecule has 226 valence electrons. The summed E-state index contributed by atoms with van der Waals surface area (Å²) in [6.45, 7) is 7.65. The number of aliphatic hydroxyl groups excluding tert-OH is 1. The second-order valence-corrected chi connectivity index (χ2v) is 11.1. The Morgan fingerprint density at radius 3 is 2.51 bits per heavy atom. The molecule has 2 amide bonds. The number of ether oxygens (including phenoxy) is 1. The first-order valence-corrected chi connectivity index (χ1v) is 14.8. The number of fused-ring (bicyclic) bond motifs is 1. The molecule has 10 heteroatoms. The number of piperidine rings is 1. The Labute approximate surface area is 252 Å². The Balaban J connectivity index is 1.31. The van der Waals surface area contributed by atoms with E-state index < -0.39 is 0 Å². The topological polar surface area (TPSA) is 112 Å². The lowest BCUT2D eigenvalue weighted by Crippen LogP contribution is -2.35. The Kier molecular flexibility index (Phi) is 9.71. The maximum atomic E-state index is 13.1. The van der Waals surface area contributed by atoms with Crippen LogP contribution in [0.2, 0.25) is 0 Å². The van der Waals surface area contributed by atoms with Crippen LogP contribution in [-0.4, -0.2) is 77.0 Å². The molecule has 0 spiro atoms. The molecule has 0 saturated carbocycles. The van der Waals surface area contributed by atoms with Crippen molar-refractivity contribution >= 4 is 40.0 Å². The SMILES string of the molecule is CNC(=O)n1ccc2cc(N(CCOC(C)C)c3ccnc(NC(=O)c4ccc(CN5CCC(O)CC5)cc4)c3)ccc21. The van der Waals surface area contributed by atoms with Gasteiger partial charge < -0.3 is 25.4 Å². The maximum Gasteiger partial charge on any atom is 0.325 e. The second-order valence-electron chi connectivity index (χ2n) is 11.1. The third kappa shape index (κ3) is 7.59. The molecule has 1 aliphatic heterocycles. The minimum Gasteiger partial charge on any atom is -0.393 e. The average Bonchev–Trinajstić information content (AvgIpc) is 3.44. The predicted molar refractivity (Wildman–Crippen MR) is 169 cm³/mol. The summed E-state index contributed by atoms with van der Waals surface area (Å²) in [5.41, 5.74) is 4.28. The van der Waals surface area contributed by atoms with Crippen LogP contribution in [0.5, 0.6) is 0 Å². The maximum absolute atomic E-state index is 13.1. The summed E-state index contributed by atoms with van der Waals surface area (Å²) >= 11 is 0. The predicted octanol–water partition coefficient (Wildman–Crippen LogP) is 5.00. The van der Waals surface area contributed by atoms with Crippen LogP contribution < -0.4 is 15.5 Å². The van der Waals surface area contributed by atoms with E-state index in [4.69, 9.17) is 4.74 Å². The van der Waals surface area contributed by atoms with Crippen LogP contribution in [-0.2, 0) is 11.3 Å². The molecule has 4 aromatic rings. The molecule has 0 radical (unpaired) electrons. The fourth-order valence-electron chi connectivity index (χ4n) is 5.32. The van der Waals surface area contributed by atoms with Crippen LogP contribution in [0.15, 0.2) is 73.1 Å². The van der Waals surface area contributed by atoms with Gasteiger partial charge in [-0.05, 0) is 74.7 Å². The zero-order valence-corrected chi connectivity index (χ0v) is 25.0. The highest BCUT2D eigenvalue weighted by Crippen LogP contribution is 2.30. The fraction of sp³-hybridized carbons (Fsp3) is 0.364. The van der Waals surface area contributed by atoms with Gasteiger partial charge in [0.25, 0.3) is 5.91 Å². The van der Waals surface area contributed by atoms with E-state index in [1.165, 1.54) is 0 Å². The molecule has 0 aliphatic carbocycles. The highest BCUT2D eigenvalue weighted by molar-refractivity contribution is 6.04. The number of nitrogens with zero attached hydrogens (tertiary/aromatic N) is 4. The van der Waals surface area contributed by atoms with Crippen molar-refractivity contribution in [3.05, 3.63) is 84.2 Å². The van der Waals surface area contributed by atoms with Gasteiger partial charge in [-0.2, -0.15) is 0 Å². The molecule has 2 aromatic carbocycles. The zero-order chi connectivity index (χ0) is 30.3. The highest BCUT2D eigenvalue weighted by Gasteiger charge is 2.18. The fourth-order valence-corrected chi connectivity index (χ4v) is 5.32. The highest BCUT2D eigenvalue weighted by atomic mass is 16.5. The molecular formula is C33H40N6O4. The minimum atomic E-state index is -0.232. The van der Waals surface area contributed by atoms with E-state index in [0.717, 1.165) is 60.3 Å². The van der Waals surface area contributed by atoms with Gasteiger partial charge in [-0.1, -0.05) is 12.1 Å². The summed E-state index contributed by atoms with van der Waals surface area (Å²) in [5, 5.41) is 16.3. The van der Waals surface area contributed by atoms with Crippen molar-refractivity contribution in [2.45, 2.75) is 45.4 Å². The van der Waals surface area contributed by atoms with Crippen molar-refractivity contribution in [3.63, 3.8) is 0 Å². The summed E-state index contributed by atoms with van der Waals surface area (Å²) in [6, 6.07) is 19.0. The van der Waals surface area contributed by atoms with Gasteiger partial charge in [0, 0.05) is 74.0 Å². The Bertz CT molecular complexity index is 1540. The Hall–Kier alpha value is -4.25. The van der Waals surface area contributed by atoms with E-state index in [9.17, 15) is 14.7 Å². The lowest BCUT2D eigenvalue weighted by atomic mass is 10.1. The Morgan fingerprint density at radius 2 is 1.79 bits per heavy atom. The van der Waals surface area contributed by atoms with Crippen LogP contribution in [0.4, 0.5) is 22.0 Å². The lowest BCUT2D eigenvalue weighted by molar-refractivity contribution is 0.0792. The van der Waals surface area contributed by atoms with E-state index in [-0.39, 0.29) is 24.1 Å². The molecule has 0 atom stereocenters. The number of carbonyl (C=O) groups is 2. The normalized spacial score (nSPS) is 14.3. The first-order valence-electron chi connectivity index (χ1n) is 14.8. The summed E-state index contributed by atoms with van der Waals surface area (Å²) in [7, 11) is 1.61. The molecule has 10 nitrogen and oxygen atoms in total. The third-order valence-corrected chi connectivity index (χ3v) is 7.66. The summed E-state index contributed by atoms with van der Waals surface area (Å²) in [4.78, 5) is 34.2. The van der Waals surface area contributed by atoms with Crippen LogP contribution in [0.3, 0.4) is 0 Å². The molecule has 1 aliphatic rings. The number of amides is 2. The van der Waals surface area contributed by atoms with Gasteiger partial charge in [-0.25, -0.2) is 9.78 Å². The minimum absolute atomic E-state index is 0.0948. The standard InChI is InChI=1S/C33H40N6O4/c1-23(2)43-19-18-38(27-8-9-30-26(20-27)11-17-39(30)33(42)34-3)28-10-14-35-31(21-28)36-32(41)25-6-4-24(5-7-25)22-37-15-12-29(40)13-16-37/h4-11,14,17,20-21,23,29,40H,12-13,15-16,18-19,22H2,1-3H3,(H,34,42)(H,35,36,41). The van der Waals surface area contributed by atoms with Gasteiger partial charge in [-0.3, -0.25) is 14.3 Å². The summed E-state index contributed by atoms with van der Waals surface area (Å²) < 4.78 is 7.45. The van der Waals surface area contributed by atoms with Crippen LogP contribution in [0.1, 0.15) is 42.6 Å². The summed E-state index contributed by atoms with van der Waals surface area (Å²) in [5.74, 6) is 0.212. The van der Waals surface area contributed by atoms with E-state index in [1.54, 1.807) is 24.0 Å². The second kappa shape index (κ2) is 13.8. The number of benzene rings is 2. The van der Waals surface area contributed by atoms with Crippen LogP contribution >= 0.6 is 0 Å². The van der Waals surface area contributed by atoms with Gasteiger partial charge in [0.2, 0.25) is 0 Å². The number of hydrogen-bond donors (Lipinski definition) is 3. The van der Waals surface area contributed by atoms with Crippen molar-refractivity contribution in [2.75, 3.05) is 43.5 Å². The van der Waals surface area contributed by atoms with Crippen molar-refractivity contribution < 1.29 is 19.4 Å². The molecule has 1 fully saturated rings. The first kappa shape index (κ1) is 30.2. The van der Waals surface area contributed by atoms with E-state index in [1.807, 2.05) is 74.5 Å². The van der Waals surface area contributed by atoms with Crippen molar-refractivity contribution in [2.24, 2.45) is 0 Å². The molecule has 1 saturated heterocycles. The molecule has 0 bridgehead atoms. The van der Waals surface area contributed by atoms with Crippen molar-refractivity contribution in [1.82, 2.24) is 19.8 Å². The third-order valence-electron chi connectivity index (χ3n) is 7.66. The monoisotopic (exact) mass is 584 g/mol. The van der Waals surface area contributed by atoms with E-state index in [0.29, 0.717) is 24.5 Å². The van der Waals surface area contributed by atoms with E-state index >= 15 is 0 Å². The molecule has 43 heavy (non-hydrogen) atoms. The van der Waals surface area contributed by atoms with Crippen LogP contribution in [0, 0.1) is 0 Å². The number of rotatable bonds is 10. The number of likely N-dealkylation sites (tertiary alicyclic amines) is 1. The number of aliphatic hydroxyl groups is 1. The molecular weight excluding hydrogens is 544 g/mol. The van der Waals surface area contributed by atoms with Gasteiger partial charge in [-0.15, -0.1) is 0 Å². The van der Waals surface area contributed by atoms with Gasteiger partial charge in [0.15, 0.2) is 0 Å². The quantitative estimate of drug-likeness (QED) is 0.241. The van der Waals surface area contributed by atoms with Gasteiger partial charge >= 0.3 is 6.03 Å². The number of carbonyl (C=O) groups excluding carboxylic acids is 2. The average molecular weight is 585 g/mol.